The lowest BCUT2D eigenvalue weighted by Gasteiger charge is -2.35. The number of hydrogen-bond donors (Lipinski definition) is 3. The Kier molecular flexibility index (Phi) is 6.43. The van der Waals surface area contributed by atoms with Crippen molar-refractivity contribution in [3.63, 3.8) is 0 Å². The van der Waals surface area contributed by atoms with Crippen LogP contribution in [0.15, 0.2) is 36.7 Å². The fourth-order valence-electron chi connectivity index (χ4n) is 2.98. The molecule has 2 heterocycles. The van der Waals surface area contributed by atoms with E-state index in [9.17, 15) is 4.80 Å². The Hall–Kier alpha value is -3.22. The van der Waals surface area contributed by atoms with E-state index in [1.807, 2.05) is 37.4 Å². The van der Waals surface area contributed by atoms with Gasteiger partial charge in [0.25, 0.3) is 0 Å². The van der Waals surface area contributed by atoms with Gasteiger partial charge in [0.2, 0.25) is 0 Å². The molecular formula is C22H28N6O2Si. The number of nitrogens with one attached hydrogen (secondary N) is 2. The van der Waals surface area contributed by atoms with Crippen LogP contribution in [0.25, 0.3) is 11.3 Å². The minimum atomic E-state index is -2.24. The molecule has 0 saturated heterocycles. The molecule has 3 rings (SSSR count). The fraction of sp³-hybridized carbons (Fsp3) is 0.364. The quantitative estimate of drug-likeness (QED) is 0.448. The minimum Gasteiger partial charge on any atom is -0.496 e. The van der Waals surface area contributed by atoms with Gasteiger partial charge in [0.1, 0.15) is 17.6 Å². The molecule has 31 heavy (non-hydrogen) atoms. The van der Waals surface area contributed by atoms with E-state index in [0.29, 0.717) is 11.6 Å². The Morgan fingerprint density at radius 1 is 1.19 bits per heavy atom. The summed E-state index contributed by atoms with van der Waals surface area (Å²) in [6.45, 7) is 8.26. The normalized spacial score (nSPS) is 11.8. The van der Waals surface area contributed by atoms with Gasteiger partial charge in [-0.25, -0.2) is 9.97 Å². The molecular weight excluding hydrogens is 408 g/mol. The molecule has 0 bridgehead atoms. The van der Waals surface area contributed by atoms with Gasteiger partial charge in [0, 0.05) is 11.6 Å². The Balaban J connectivity index is 1.75. The first-order valence-electron chi connectivity index (χ1n) is 10.1. The number of anilines is 2. The van der Waals surface area contributed by atoms with E-state index in [1.54, 1.807) is 7.11 Å². The number of aromatic amines is 1. The maximum absolute atomic E-state index is 10.5. The van der Waals surface area contributed by atoms with Crippen molar-refractivity contribution >= 4 is 20.0 Å². The third kappa shape index (κ3) is 5.28. The van der Waals surface area contributed by atoms with Crippen LogP contribution in [-0.4, -0.2) is 40.4 Å². The van der Waals surface area contributed by atoms with Gasteiger partial charge in [-0.05, 0) is 48.7 Å². The standard InChI is InChI=1S/C22H28N6O2Si/c1-22(2,31(4,5)29)9-8-15-6-7-17(19(10-15)30-3)18-11-20(28-27-18)26-21-14-24-16(12-23)13-25-21/h6-7,10-11,13-14,29H,8-9H2,1-5H3,(H2,25,26,27,28). The number of aryl methyl sites for hydroxylation is 1. The second kappa shape index (κ2) is 8.87. The number of nitriles is 1. The number of ether oxygens (including phenoxy) is 1. The van der Waals surface area contributed by atoms with Crippen LogP contribution in [0.1, 0.15) is 31.5 Å². The molecule has 1 aromatic carbocycles. The van der Waals surface area contributed by atoms with Crippen LogP contribution >= 0.6 is 0 Å². The monoisotopic (exact) mass is 436 g/mol. The first-order chi connectivity index (χ1) is 14.6. The van der Waals surface area contributed by atoms with E-state index in [1.165, 1.54) is 12.4 Å². The third-order valence-electron chi connectivity index (χ3n) is 5.85. The number of benzene rings is 1. The molecule has 2 aromatic heterocycles. The highest BCUT2D eigenvalue weighted by Gasteiger charge is 2.37. The molecule has 0 aliphatic heterocycles. The van der Waals surface area contributed by atoms with Crippen molar-refractivity contribution in [3.8, 4) is 23.1 Å². The molecule has 0 radical (unpaired) electrons. The lowest BCUT2D eigenvalue weighted by atomic mass is 9.99. The maximum atomic E-state index is 10.5. The number of aromatic nitrogens is 4. The molecule has 162 valence electrons. The van der Waals surface area contributed by atoms with E-state index in [0.717, 1.165) is 35.4 Å². The van der Waals surface area contributed by atoms with Crippen molar-refractivity contribution in [1.29, 1.82) is 5.26 Å². The van der Waals surface area contributed by atoms with Crippen LogP contribution in [0.3, 0.4) is 0 Å². The van der Waals surface area contributed by atoms with Crippen LogP contribution in [-0.2, 0) is 6.42 Å². The second-order valence-corrected chi connectivity index (χ2v) is 13.1. The van der Waals surface area contributed by atoms with E-state index in [2.05, 4.69) is 45.4 Å². The van der Waals surface area contributed by atoms with E-state index >= 15 is 0 Å². The van der Waals surface area contributed by atoms with Crippen molar-refractivity contribution < 1.29 is 9.53 Å². The molecule has 0 atom stereocenters. The Labute approximate surface area is 183 Å². The number of nitrogens with zero attached hydrogens (tertiary/aromatic N) is 4. The molecule has 0 amide bonds. The molecule has 3 aromatic rings. The molecule has 0 saturated carbocycles. The average molecular weight is 437 g/mol. The molecule has 0 aliphatic rings. The first-order valence-corrected chi connectivity index (χ1v) is 13.0. The number of rotatable bonds is 8. The SMILES string of the molecule is COc1cc(CCC(C)(C)[Si](C)(C)O)ccc1-c1cc(Nc2cnc(C#N)cn2)n[nH]1. The van der Waals surface area contributed by atoms with Gasteiger partial charge in [0.05, 0.1) is 25.2 Å². The van der Waals surface area contributed by atoms with Gasteiger partial charge >= 0.3 is 0 Å². The summed E-state index contributed by atoms with van der Waals surface area (Å²) in [7, 11) is -0.585. The topological polar surface area (TPSA) is 120 Å². The second-order valence-electron chi connectivity index (χ2n) is 8.67. The highest BCUT2D eigenvalue weighted by atomic mass is 28.4. The summed E-state index contributed by atoms with van der Waals surface area (Å²) in [6.07, 6.45) is 4.67. The third-order valence-corrected chi connectivity index (χ3v) is 9.41. The summed E-state index contributed by atoms with van der Waals surface area (Å²) in [5.74, 6) is 1.83. The smallest absolute Gasteiger partial charge is 0.188 e. The van der Waals surface area contributed by atoms with Crippen LogP contribution in [0, 0.1) is 11.3 Å². The lowest BCUT2D eigenvalue weighted by molar-refractivity contribution is 0.415. The summed E-state index contributed by atoms with van der Waals surface area (Å²) in [4.78, 5) is 18.7. The highest BCUT2D eigenvalue weighted by molar-refractivity contribution is 6.72. The van der Waals surface area contributed by atoms with Gasteiger partial charge in [-0.15, -0.1) is 0 Å². The van der Waals surface area contributed by atoms with E-state index < -0.39 is 8.32 Å². The zero-order valence-electron chi connectivity index (χ0n) is 18.5. The number of hydrogen-bond acceptors (Lipinski definition) is 7. The largest absolute Gasteiger partial charge is 0.496 e. The molecule has 9 heteroatoms. The van der Waals surface area contributed by atoms with Crippen molar-refractivity contribution in [2.45, 2.75) is 44.8 Å². The molecule has 0 fully saturated rings. The molecule has 0 aliphatic carbocycles. The van der Waals surface area contributed by atoms with Gasteiger partial charge in [-0.3, -0.25) is 5.10 Å². The lowest BCUT2D eigenvalue weighted by Crippen LogP contribution is -2.39. The first kappa shape index (κ1) is 22.5. The van der Waals surface area contributed by atoms with Crippen LogP contribution in [0.2, 0.25) is 18.1 Å². The number of methoxy groups -OCH3 is 1. The molecule has 3 N–H and O–H groups in total. The summed E-state index contributed by atoms with van der Waals surface area (Å²) < 4.78 is 5.63. The molecule has 0 unspecified atom stereocenters. The van der Waals surface area contributed by atoms with Crippen molar-refractivity contribution in [3.05, 3.63) is 47.9 Å². The Morgan fingerprint density at radius 3 is 2.58 bits per heavy atom. The van der Waals surface area contributed by atoms with Gasteiger partial charge in [-0.1, -0.05) is 19.9 Å². The van der Waals surface area contributed by atoms with Crippen LogP contribution in [0.5, 0.6) is 5.75 Å². The van der Waals surface area contributed by atoms with Crippen LogP contribution < -0.4 is 10.1 Å². The summed E-state index contributed by atoms with van der Waals surface area (Å²) in [5, 5.41) is 19.1. The predicted octanol–water partition coefficient (Wildman–Crippen LogP) is 4.40. The maximum Gasteiger partial charge on any atom is 0.188 e. The molecule has 0 spiro atoms. The summed E-state index contributed by atoms with van der Waals surface area (Å²) in [5.41, 5.74) is 3.12. The predicted molar refractivity (Wildman–Crippen MR) is 123 cm³/mol. The van der Waals surface area contributed by atoms with Crippen molar-refractivity contribution in [2.24, 2.45) is 0 Å². The summed E-state index contributed by atoms with van der Waals surface area (Å²) in [6, 6.07) is 9.94. The zero-order chi connectivity index (χ0) is 22.6. The van der Waals surface area contributed by atoms with Crippen molar-refractivity contribution in [2.75, 3.05) is 12.4 Å². The number of H-pyrrole nitrogens is 1. The van der Waals surface area contributed by atoms with E-state index in [-0.39, 0.29) is 10.7 Å². The average Bonchev–Trinajstić information content (AvgIpc) is 3.20. The fourth-order valence-corrected chi connectivity index (χ4v) is 3.72. The Morgan fingerprint density at radius 2 is 1.97 bits per heavy atom. The molecule has 8 nitrogen and oxygen atoms in total. The van der Waals surface area contributed by atoms with Gasteiger partial charge < -0.3 is 14.8 Å². The van der Waals surface area contributed by atoms with Gasteiger partial charge in [0.15, 0.2) is 19.8 Å². The van der Waals surface area contributed by atoms with Crippen molar-refractivity contribution in [1.82, 2.24) is 20.2 Å². The highest BCUT2D eigenvalue weighted by Crippen LogP contribution is 2.40. The summed E-state index contributed by atoms with van der Waals surface area (Å²) >= 11 is 0. The Bertz CT molecular complexity index is 1080. The van der Waals surface area contributed by atoms with Gasteiger partial charge in [-0.2, -0.15) is 10.4 Å². The van der Waals surface area contributed by atoms with E-state index in [4.69, 9.17) is 10.00 Å². The van der Waals surface area contributed by atoms with Crippen LogP contribution in [0.4, 0.5) is 11.6 Å². The minimum absolute atomic E-state index is 0.0722. The zero-order valence-corrected chi connectivity index (χ0v) is 19.5.